The molecule has 1 fully saturated rings. The summed E-state index contributed by atoms with van der Waals surface area (Å²) in [5.74, 6) is 0. The number of nitrogens with zero attached hydrogens (tertiary/aromatic N) is 1. The lowest BCUT2D eigenvalue weighted by Gasteiger charge is -2.34. The van der Waals surface area contributed by atoms with Crippen LogP contribution >= 0.6 is 0 Å². The van der Waals surface area contributed by atoms with Crippen LogP contribution in [0.2, 0.25) is 18.6 Å². The Morgan fingerprint density at radius 1 is 0.778 bits per heavy atom. The molecule has 7 heteroatoms. The fourth-order valence-electron chi connectivity index (χ4n) is 4.18. The first-order valence-corrected chi connectivity index (χ1v) is 15.9. The van der Waals surface area contributed by atoms with Crippen LogP contribution in [0.5, 0.6) is 0 Å². The third-order valence-corrected chi connectivity index (χ3v) is 12.3. The van der Waals surface area contributed by atoms with E-state index < -0.39 is 17.3 Å². The molecule has 0 aromatic rings. The first-order valence-electron chi connectivity index (χ1n) is 11.4. The van der Waals surface area contributed by atoms with Gasteiger partial charge in [0.15, 0.2) is 0 Å². The van der Waals surface area contributed by atoms with Crippen molar-refractivity contribution in [3.63, 3.8) is 0 Å². The summed E-state index contributed by atoms with van der Waals surface area (Å²) in [6.45, 7) is 15.9. The molecule has 162 valence electrons. The van der Waals surface area contributed by atoms with Crippen molar-refractivity contribution in [2.24, 2.45) is 0 Å². The summed E-state index contributed by atoms with van der Waals surface area (Å²) in [7, 11) is -3.97. The van der Waals surface area contributed by atoms with Crippen LogP contribution in [0.1, 0.15) is 72.6 Å². The second kappa shape index (κ2) is 14.3. The van der Waals surface area contributed by atoms with Gasteiger partial charge in [-0.2, -0.15) is 0 Å². The molecule has 0 spiro atoms. The second-order valence-electron chi connectivity index (χ2n) is 7.54. The molecule has 5 nitrogen and oxygen atoms in total. The van der Waals surface area contributed by atoms with Crippen LogP contribution < -0.4 is 0 Å². The smallest absolute Gasteiger partial charge is 0.395 e. The maximum Gasteiger partial charge on any atom is 0.427 e. The average molecular weight is 420 g/mol. The Labute approximate surface area is 170 Å². The lowest BCUT2D eigenvalue weighted by Crippen LogP contribution is -2.54. The van der Waals surface area contributed by atoms with Crippen molar-refractivity contribution in [1.82, 2.24) is 4.57 Å². The molecule has 0 N–H and O–H groups in total. The van der Waals surface area contributed by atoms with Gasteiger partial charge in [-0.25, -0.2) is 0 Å². The van der Waals surface area contributed by atoms with Gasteiger partial charge in [0.1, 0.15) is 0 Å². The summed E-state index contributed by atoms with van der Waals surface area (Å²) in [5, 5.41) is 0. The van der Waals surface area contributed by atoms with Gasteiger partial charge in [-0.05, 0) is 66.2 Å². The summed E-state index contributed by atoms with van der Waals surface area (Å²) < 4.78 is 26.7. The van der Waals surface area contributed by atoms with Crippen molar-refractivity contribution < 1.29 is 17.7 Å². The molecular formula is C20H45NO4Si2. The van der Waals surface area contributed by atoms with Gasteiger partial charge < -0.3 is 17.7 Å². The van der Waals surface area contributed by atoms with Gasteiger partial charge >= 0.3 is 17.3 Å². The minimum Gasteiger partial charge on any atom is -0.395 e. The van der Waals surface area contributed by atoms with Crippen LogP contribution in [0.25, 0.3) is 0 Å². The van der Waals surface area contributed by atoms with Gasteiger partial charge in [0.25, 0.3) is 0 Å². The molecule has 1 aliphatic rings. The molecule has 0 amide bonds. The highest BCUT2D eigenvalue weighted by Gasteiger charge is 2.48. The van der Waals surface area contributed by atoms with Crippen molar-refractivity contribution in [3.8, 4) is 0 Å². The predicted molar refractivity (Wildman–Crippen MR) is 117 cm³/mol. The normalized spacial score (nSPS) is 17.7. The van der Waals surface area contributed by atoms with E-state index in [1.54, 1.807) is 0 Å². The molecule has 1 aliphatic heterocycles. The molecule has 1 heterocycles. The van der Waals surface area contributed by atoms with Crippen molar-refractivity contribution in [2.75, 3.05) is 39.5 Å². The Bertz CT molecular complexity index is 362. The first kappa shape index (κ1) is 25.3. The molecule has 0 saturated carbocycles. The first-order chi connectivity index (χ1) is 13.1. The highest BCUT2D eigenvalue weighted by molar-refractivity contribution is 6.66. The lowest BCUT2D eigenvalue weighted by molar-refractivity contribution is 0.135. The molecule has 0 aliphatic carbocycles. The molecule has 0 atom stereocenters. The van der Waals surface area contributed by atoms with Crippen molar-refractivity contribution in [2.45, 2.75) is 91.3 Å². The minimum atomic E-state index is -2.07. The fraction of sp³-hybridized carbons (Fsp3) is 1.00. The summed E-state index contributed by atoms with van der Waals surface area (Å²) in [6.07, 6.45) is 8.98. The molecule has 27 heavy (non-hydrogen) atoms. The molecular weight excluding hydrogens is 374 g/mol. The SMILES string of the molecule is CCO[Si](C)(CCCCCCCCN1CCC[Si]1(OCC)OCC)OCC. The van der Waals surface area contributed by atoms with Crippen LogP contribution in [-0.4, -0.2) is 61.4 Å². The van der Waals surface area contributed by atoms with E-state index in [2.05, 4.69) is 38.8 Å². The summed E-state index contributed by atoms with van der Waals surface area (Å²) in [4.78, 5) is 0. The second-order valence-corrected chi connectivity index (χ2v) is 14.0. The van der Waals surface area contributed by atoms with E-state index in [1.165, 1.54) is 44.9 Å². The number of unbranched alkanes of at least 4 members (excludes halogenated alkanes) is 5. The Morgan fingerprint density at radius 2 is 1.33 bits per heavy atom. The van der Waals surface area contributed by atoms with Gasteiger partial charge in [-0.1, -0.05) is 32.1 Å². The van der Waals surface area contributed by atoms with Crippen molar-refractivity contribution in [1.29, 1.82) is 0 Å². The molecule has 0 unspecified atom stereocenters. The van der Waals surface area contributed by atoms with E-state index in [9.17, 15) is 0 Å². The third-order valence-electron chi connectivity index (χ3n) is 5.35. The third kappa shape index (κ3) is 9.06. The Kier molecular flexibility index (Phi) is 13.3. The van der Waals surface area contributed by atoms with Gasteiger partial charge in [0, 0.05) is 32.5 Å². The molecule has 0 aromatic heterocycles. The largest absolute Gasteiger partial charge is 0.427 e. The molecule has 0 bridgehead atoms. The maximum absolute atomic E-state index is 6.15. The van der Waals surface area contributed by atoms with Crippen LogP contribution in [0.4, 0.5) is 0 Å². The maximum atomic E-state index is 6.15. The summed E-state index contributed by atoms with van der Waals surface area (Å²) >= 11 is 0. The zero-order chi connectivity index (χ0) is 20.0. The van der Waals surface area contributed by atoms with Crippen LogP contribution in [0, 0.1) is 0 Å². The number of hydrogen-bond donors (Lipinski definition) is 0. The van der Waals surface area contributed by atoms with Crippen molar-refractivity contribution in [3.05, 3.63) is 0 Å². The Hall–Kier alpha value is 0.234. The number of rotatable bonds is 17. The predicted octanol–water partition coefficient (Wildman–Crippen LogP) is 5.19. The van der Waals surface area contributed by atoms with Crippen molar-refractivity contribution >= 4 is 17.3 Å². The summed E-state index contributed by atoms with van der Waals surface area (Å²) in [5.41, 5.74) is 0. The fourth-order valence-corrected chi connectivity index (χ4v) is 10.2. The Balaban J connectivity index is 2.16. The van der Waals surface area contributed by atoms with Crippen LogP contribution in [-0.2, 0) is 17.7 Å². The lowest BCUT2D eigenvalue weighted by atomic mass is 10.1. The van der Waals surface area contributed by atoms with Gasteiger partial charge in [0.05, 0.1) is 0 Å². The van der Waals surface area contributed by atoms with Gasteiger partial charge in [-0.3, -0.25) is 4.57 Å². The van der Waals surface area contributed by atoms with E-state index in [0.29, 0.717) is 0 Å². The molecule has 0 aromatic carbocycles. The Morgan fingerprint density at radius 3 is 1.89 bits per heavy atom. The minimum absolute atomic E-state index is 0.771. The zero-order valence-electron chi connectivity index (χ0n) is 18.7. The molecule has 0 radical (unpaired) electrons. The van der Waals surface area contributed by atoms with E-state index in [0.717, 1.165) is 51.6 Å². The summed E-state index contributed by atoms with van der Waals surface area (Å²) in [6, 6.07) is 2.26. The molecule has 1 saturated heterocycles. The monoisotopic (exact) mass is 419 g/mol. The van der Waals surface area contributed by atoms with Crippen LogP contribution in [0.15, 0.2) is 0 Å². The van der Waals surface area contributed by atoms with E-state index in [4.69, 9.17) is 17.7 Å². The zero-order valence-corrected chi connectivity index (χ0v) is 20.7. The quantitative estimate of drug-likeness (QED) is 0.240. The highest BCUT2D eigenvalue weighted by atomic mass is 28.4. The number of hydrogen-bond acceptors (Lipinski definition) is 5. The topological polar surface area (TPSA) is 40.2 Å². The van der Waals surface area contributed by atoms with E-state index in [1.807, 2.05) is 0 Å². The van der Waals surface area contributed by atoms with E-state index >= 15 is 0 Å². The van der Waals surface area contributed by atoms with Crippen LogP contribution in [0.3, 0.4) is 0 Å². The highest BCUT2D eigenvalue weighted by Crippen LogP contribution is 2.29. The van der Waals surface area contributed by atoms with Gasteiger partial charge in [0.2, 0.25) is 0 Å². The standard InChI is InChI=1S/C20H45NO4Si2/c1-6-22-26(5,23-7-2)19-15-13-11-10-12-14-17-21-18-16-20-27(21,24-8-3)25-9-4/h6-20H2,1-5H3. The van der Waals surface area contributed by atoms with Gasteiger partial charge in [-0.15, -0.1) is 0 Å². The molecule has 1 rings (SSSR count). The average Bonchev–Trinajstić information content (AvgIpc) is 3.00. The van der Waals surface area contributed by atoms with E-state index in [-0.39, 0.29) is 0 Å².